The van der Waals surface area contributed by atoms with Gasteiger partial charge in [0.05, 0.1) is 0 Å². The van der Waals surface area contributed by atoms with E-state index in [0.717, 1.165) is 6.61 Å². The van der Waals surface area contributed by atoms with E-state index < -0.39 is 5.30 Å². The second-order valence-electron chi connectivity index (χ2n) is 0.907. The largest absolute Gasteiger partial charge is 0.440 e. The molecule has 4 heteroatoms. The van der Waals surface area contributed by atoms with Crippen molar-refractivity contribution in [2.75, 3.05) is 0 Å². The molecule has 37 valence electrons. The Balaban J connectivity index is 2.55. The van der Waals surface area contributed by atoms with Crippen LogP contribution in [-0.4, -0.2) is 10.4 Å². The summed E-state index contributed by atoms with van der Waals surface area (Å²) in [6, 6.07) is 0. The molecule has 7 heavy (non-hydrogen) atoms. The summed E-state index contributed by atoms with van der Waals surface area (Å²) in [6.07, 6.45) is 0. The lowest BCUT2D eigenvalue weighted by molar-refractivity contribution is -0.109. The highest BCUT2D eigenvalue weighted by molar-refractivity contribution is 8.26. The molecule has 1 saturated heterocycles. The number of carbonyl (C=O) groups is 2. The molecule has 1 rings (SSSR count). The van der Waals surface area contributed by atoms with Gasteiger partial charge in [0.25, 0.3) is 0 Å². The molecule has 0 aromatic carbocycles. The van der Waals surface area contributed by atoms with Gasteiger partial charge in [-0.05, 0) is 0 Å². The molecule has 0 unspecified atom stereocenters. The summed E-state index contributed by atoms with van der Waals surface area (Å²) < 4.78 is 4.11. The summed E-state index contributed by atoms with van der Waals surface area (Å²) in [7, 11) is 0. The fourth-order valence-electron chi connectivity index (χ4n) is 0.226. The predicted molar refractivity (Wildman–Crippen MR) is 23.4 cm³/mol. The third-order valence-corrected chi connectivity index (χ3v) is 0.996. The molecule has 0 bridgehead atoms. The maximum Gasteiger partial charge on any atom is 0.376 e. The summed E-state index contributed by atoms with van der Waals surface area (Å²) in [5.41, 5.74) is 0. The zero-order valence-electron chi connectivity index (χ0n) is 3.21. The zero-order chi connectivity index (χ0) is 5.28. The Morgan fingerprint density at radius 3 is 2.43 bits per heavy atom. The van der Waals surface area contributed by atoms with Crippen molar-refractivity contribution in [3.05, 3.63) is 6.61 Å². The Kier molecular flexibility index (Phi) is 1.02. The minimum Gasteiger partial charge on any atom is -0.440 e. The molecular weight excluding hydrogens is 116 g/mol. The molecule has 0 atom stereocenters. The van der Waals surface area contributed by atoms with Crippen LogP contribution in [0.2, 0.25) is 0 Å². The van der Waals surface area contributed by atoms with Gasteiger partial charge in [-0.3, -0.25) is 4.79 Å². The van der Waals surface area contributed by atoms with E-state index in [1.807, 2.05) is 0 Å². The number of ether oxygens (including phenoxy) is 1. The number of carbonyl (C=O) groups excluding carboxylic acids is 2. The standard InChI is InChI=1S/C3HO3S/c4-2-1-6-3(5)7-2/h1H. The van der Waals surface area contributed by atoms with E-state index in [2.05, 4.69) is 4.74 Å². The first-order valence-corrected chi connectivity index (χ1v) is 2.36. The van der Waals surface area contributed by atoms with Crippen molar-refractivity contribution < 1.29 is 14.3 Å². The van der Waals surface area contributed by atoms with Gasteiger partial charge < -0.3 is 4.74 Å². The molecule has 3 nitrogen and oxygen atoms in total. The van der Waals surface area contributed by atoms with Gasteiger partial charge in [0.2, 0.25) is 11.7 Å². The van der Waals surface area contributed by atoms with Crippen molar-refractivity contribution in [3.8, 4) is 0 Å². The summed E-state index contributed by atoms with van der Waals surface area (Å²) in [5.74, 6) is 0. The van der Waals surface area contributed by atoms with E-state index in [-0.39, 0.29) is 5.12 Å². The quantitative estimate of drug-likeness (QED) is 0.435. The normalized spacial score (nSPS) is 20.0. The van der Waals surface area contributed by atoms with Crippen molar-refractivity contribution >= 4 is 22.2 Å². The Bertz CT molecular complexity index is 105. The molecule has 0 saturated carbocycles. The van der Waals surface area contributed by atoms with Crippen LogP contribution in [0.15, 0.2) is 0 Å². The second-order valence-corrected chi connectivity index (χ2v) is 1.85. The first-order chi connectivity index (χ1) is 3.29. The average molecular weight is 117 g/mol. The molecule has 0 aromatic heterocycles. The molecule has 0 N–H and O–H groups in total. The van der Waals surface area contributed by atoms with Crippen LogP contribution in [0.5, 0.6) is 0 Å². The molecule has 1 radical (unpaired) electrons. The fourth-order valence-corrected chi connectivity index (χ4v) is 0.583. The van der Waals surface area contributed by atoms with Crippen LogP contribution in [0.4, 0.5) is 4.79 Å². The smallest absolute Gasteiger partial charge is 0.376 e. The molecule has 1 fully saturated rings. The maximum atomic E-state index is 10.0. The summed E-state index contributed by atoms with van der Waals surface area (Å²) in [4.78, 5) is 20.0. The van der Waals surface area contributed by atoms with Crippen LogP contribution >= 0.6 is 11.8 Å². The average Bonchev–Trinajstić information content (AvgIpc) is 1.87. The van der Waals surface area contributed by atoms with Gasteiger partial charge in [0.15, 0.2) is 0 Å². The van der Waals surface area contributed by atoms with Crippen molar-refractivity contribution in [1.82, 2.24) is 0 Å². The number of rotatable bonds is 0. The highest BCUT2D eigenvalue weighted by atomic mass is 32.2. The highest BCUT2D eigenvalue weighted by Gasteiger charge is 2.21. The third kappa shape index (κ3) is 0.928. The van der Waals surface area contributed by atoms with Crippen LogP contribution in [0.1, 0.15) is 0 Å². The lowest BCUT2D eigenvalue weighted by atomic mass is 10.8. The Morgan fingerprint density at radius 2 is 2.29 bits per heavy atom. The van der Waals surface area contributed by atoms with Gasteiger partial charge in [-0.25, -0.2) is 4.79 Å². The lowest BCUT2D eigenvalue weighted by Gasteiger charge is -1.76. The molecule has 1 aliphatic heterocycles. The Hall–Kier alpha value is -0.510. The second kappa shape index (κ2) is 1.54. The number of cyclic esters (lactones) is 1. The van der Waals surface area contributed by atoms with Crippen molar-refractivity contribution in [1.29, 1.82) is 0 Å². The van der Waals surface area contributed by atoms with Gasteiger partial charge >= 0.3 is 5.30 Å². The Morgan fingerprint density at radius 1 is 1.57 bits per heavy atom. The Labute approximate surface area is 44.0 Å². The summed E-state index contributed by atoms with van der Waals surface area (Å²) >= 11 is 0.565. The van der Waals surface area contributed by atoms with Gasteiger partial charge in [-0.1, -0.05) is 0 Å². The first kappa shape index (κ1) is 4.64. The summed E-state index contributed by atoms with van der Waals surface area (Å²) in [5, 5.41) is -0.866. The molecule has 0 aromatic rings. The van der Waals surface area contributed by atoms with Crippen molar-refractivity contribution in [2.45, 2.75) is 0 Å². The van der Waals surface area contributed by atoms with E-state index >= 15 is 0 Å². The molecule has 0 aliphatic carbocycles. The predicted octanol–water partition coefficient (Wildman–Crippen LogP) is 0.558. The number of thioether (sulfide) groups is 1. The van der Waals surface area contributed by atoms with Crippen molar-refractivity contribution in [3.63, 3.8) is 0 Å². The molecule has 1 heterocycles. The molecule has 0 amide bonds. The molecular formula is C3HO3S. The van der Waals surface area contributed by atoms with E-state index in [1.165, 1.54) is 0 Å². The third-order valence-electron chi connectivity index (χ3n) is 0.435. The summed E-state index contributed by atoms with van der Waals surface area (Å²) in [6.45, 7) is 0.896. The van der Waals surface area contributed by atoms with Crippen LogP contribution < -0.4 is 0 Å². The molecule has 0 spiro atoms. The monoisotopic (exact) mass is 117 g/mol. The number of hydrogen-bond acceptors (Lipinski definition) is 4. The minimum absolute atomic E-state index is 0.329. The van der Waals surface area contributed by atoms with E-state index in [4.69, 9.17) is 0 Å². The minimum atomic E-state index is -0.537. The van der Waals surface area contributed by atoms with Crippen molar-refractivity contribution in [2.24, 2.45) is 0 Å². The van der Waals surface area contributed by atoms with Crippen LogP contribution in [-0.2, 0) is 9.53 Å². The van der Waals surface area contributed by atoms with Crippen LogP contribution in [0.25, 0.3) is 0 Å². The van der Waals surface area contributed by atoms with Gasteiger partial charge in [-0.2, -0.15) is 0 Å². The highest BCUT2D eigenvalue weighted by Crippen LogP contribution is 2.17. The number of hydrogen-bond donors (Lipinski definition) is 0. The van der Waals surface area contributed by atoms with E-state index in [0.29, 0.717) is 11.8 Å². The SMILES string of the molecule is O=C1[CH]OC(=O)S1. The molecule has 1 aliphatic rings. The van der Waals surface area contributed by atoms with Crippen LogP contribution in [0, 0.1) is 6.61 Å². The van der Waals surface area contributed by atoms with E-state index in [1.54, 1.807) is 0 Å². The topological polar surface area (TPSA) is 43.4 Å². The lowest BCUT2D eigenvalue weighted by Crippen LogP contribution is -1.79. The maximum absolute atomic E-state index is 10.0. The van der Waals surface area contributed by atoms with E-state index in [9.17, 15) is 9.59 Å². The van der Waals surface area contributed by atoms with Gasteiger partial charge in [0.1, 0.15) is 0 Å². The van der Waals surface area contributed by atoms with Gasteiger partial charge in [-0.15, -0.1) is 0 Å². The fraction of sp³-hybridized carbons (Fsp3) is 0. The van der Waals surface area contributed by atoms with Gasteiger partial charge in [0, 0.05) is 11.8 Å². The van der Waals surface area contributed by atoms with Crippen LogP contribution in [0.3, 0.4) is 0 Å². The first-order valence-electron chi connectivity index (χ1n) is 1.54. The zero-order valence-corrected chi connectivity index (χ0v) is 4.03.